The first kappa shape index (κ1) is 23.4. The van der Waals surface area contributed by atoms with Gasteiger partial charge in [-0.25, -0.2) is 0 Å². The van der Waals surface area contributed by atoms with E-state index in [1.54, 1.807) is 0 Å². The van der Waals surface area contributed by atoms with E-state index < -0.39 is 19.8 Å². The number of hydrogen-bond acceptors (Lipinski definition) is 3. The molecule has 2 aliphatic rings. The lowest BCUT2D eigenvalue weighted by molar-refractivity contribution is -0.131. The summed E-state index contributed by atoms with van der Waals surface area (Å²) in [6, 6.07) is 17.5. The number of amides is 1. The molecule has 0 spiro atoms. The molecule has 0 radical (unpaired) electrons. The van der Waals surface area contributed by atoms with Gasteiger partial charge >= 0.3 is 0 Å². The average molecular weight is 515 g/mol. The molecule has 2 heterocycles. The van der Waals surface area contributed by atoms with E-state index in [-0.39, 0.29) is 22.8 Å². The summed E-state index contributed by atoms with van der Waals surface area (Å²) in [4.78, 5) is 29.4. The van der Waals surface area contributed by atoms with Gasteiger partial charge in [0.25, 0.3) is 0 Å². The molecule has 2 aliphatic heterocycles. The minimum absolute atomic E-state index is 0.0120. The van der Waals surface area contributed by atoms with Gasteiger partial charge < -0.3 is 9.33 Å². The molecule has 170 valence electrons. The van der Waals surface area contributed by atoms with Crippen LogP contribution in [-0.4, -0.2) is 43.1 Å². The molecule has 2 saturated heterocycles. The van der Waals surface area contributed by atoms with Crippen LogP contribution in [0.4, 0.5) is 0 Å². The van der Waals surface area contributed by atoms with E-state index in [4.69, 9.17) is 4.43 Å². The fraction of sp³-hybridized carbons (Fsp3) is 0.462. The molecule has 0 saturated carbocycles. The largest absolute Gasteiger partial charge is 0.412 e. The SMILES string of the molecule is CC(C)(C)[Si](C)(C)OC1CN2C(=O)C(c3ccccc3)C(=O)C2(Cc2ccc(Br)cc2)C1. The standard InChI is InChI=1S/C26H32BrNO3Si/c1-25(2,3)32(4,5)31-21-16-26(15-18-11-13-20(27)14-12-18)23(29)22(24(30)28(26)17-21)19-9-7-6-8-10-19/h6-14,21-22H,15-17H2,1-5H3. The molecule has 1 amide bonds. The highest BCUT2D eigenvalue weighted by Gasteiger charge is 2.63. The number of fused-ring (bicyclic) bond motifs is 1. The summed E-state index contributed by atoms with van der Waals surface area (Å²) in [5.41, 5.74) is 0.994. The fourth-order valence-corrected chi connectivity index (χ4v) is 6.42. The molecule has 2 aromatic rings. The summed E-state index contributed by atoms with van der Waals surface area (Å²) >= 11 is 3.49. The van der Waals surface area contributed by atoms with Gasteiger partial charge in [-0.15, -0.1) is 0 Å². The third-order valence-corrected chi connectivity index (χ3v) is 12.6. The van der Waals surface area contributed by atoms with Crippen LogP contribution in [0.2, 0.25) is 18.1 Å². The Morgan fingerprint density at radius 1 is 1.06 bits per heavy atom. The second-order valence-electron chi connectivity index (χ2n) is 10.7. The van der Waals surface area contributed by atoms with Crippen LogP contribution in [-0.2, 0) is 20.4 Å². The molecule has 2 aromatic carbocycles. The normalized spacial score (nSPS) is 26.0. The number of nitrogens with zero attached hydrogens (tertiary/aromatic N) is 1. The number of carbonyl (C=O) groups is 2. The van der Waals surface area contributed by atoms with Crippen molar-refractivity contribution in [1.82, 2.24) is 4.90 Å². The predicted molar refractivity (Wildman–Crippen MR) is 133 cm³/mol. The molecule has 6 heteroatoms. The first-order valence-corrected chi connectivity index (χ1v) is 15.0. The minimum Gasteiger partial charge on any atom is -0.412 e. The second kappa shape index (κ2) is 8.23. The second-order valence-corrected chi connectivity index (χ2v) is 16.4. The lowest BCUT2D eigenvalue weighted by Crippen LogP contribution is -2.46. The maximum Gasteiger partial charge on any atom is 0.238 e. The van der Waals surface area contributed by atoms with Gasteiger partial charge in [-0.3, -0.25) is 9.59 Å². The molecule has 0 bridgehead atoms. The van der Waals surface area contributed by atoms with Crippen molar-refractivity contribution in [3.8, 4) is 0 Å². The molecular weight excluding hydrogens is 482 g/mol. The van der Waals surface area contributed by atoms with Crippen molar-refractivity contribution in [3.63, 3.8) is 0 Å². The first-order chi connectivity index (χ1) is 14.9. The molecule has 32 heavy (non-hydrogen) atoms. The lowest BCUT2D eigenvalue weighted by atomic mass is 9.80. The van der Waals surface area contributed by atoms with E-state index >= 15 is 0 Å². The Bertz CT molecular complexity index is 1020. The minimum atomic E-state index is -2.03. The molecule has 2 fully saturated rings. The molecule has 3 atom stereocenters. The molecule has 4 rings (SSSR count). The first-order valence-electron chi connectivity index (χ1n) is 11.3. The highest BCUT2D eigenvalue weighted by atomic mass is 79.9. The summed E-state index contributed by atoms with van der Waals surface area (Å²) < 4.78 is 7.70. The van der Waals surface area contributed by atoms with Gasteiger partial charge in [-0.1, -0.05) is 79.2 Å². The van der Waals surface area contributed by atoms with E-state index in [2.05, 4.69) is 49.8 Å². The molecular formula is C26H32BrNO3Si. The summed E-state index contributed by atoms with van der Waals surface area (Å²) in [5.74, 6) is -0.793. The monoisotopic (exact) mass is 513 g/mol. The molecule has 0 aliphatic carbocycles. The third kappa shape index (κ3) is 4.01. The van der Waals surface area contributed by atoms with Gasteiger partial charge in [0.15, 0.2) is 14.1 Å². The Balaban J connectivity index is 1.70. The predicted octanol–water partition coefficient (Wildman–Crippen LogP) is 5.72. The Morgan fingerprint density at radius 2 is 1.69 bits per heavy atom. The van der Waals surface area contributed by atoms with E-state index in [9.17, 15) is 9.59 Å². The van der Waals surface area contributed by atoms with Crippen molar-refractivity contribution >= 4 is 35.9 Å². The Kier molecular flexibility index (Phi) is 6.01. The smallest absolute Gasteiger partial charge is 0.238 e. The third-order valence-electron chi connectivity index (χ3n) is 7.51. The maximum absolute atomic E-state index is 14.0. The number of ketones is 1. The van der Waals surface area contributed by atoms with Crippen LogP contribution >= 0.6 is 15.9 Å². The van der Waals surface area contributed by atoms with Crippen LogP contribution in [0.3, 0.4) is 0 Å². The van der Waals surface area contributed by atoms with Gasteiger partial charge in [0.2, 0.25) is 5.91 Å². The topological polar surface area (TPSA) is 46.6 Å². The Morgan fingerprint density at radius 3 is 2.28 bits per heavy atom. The van der Waals surface area contributed by atoms with Crippen LogP contribution in [0.5, 0.6) is 0 Å². The van der Waals surface area contributed by atoms with Gasteiger partial charge in [0.1, 0.15) is 11.5 Å². The summed E-state index contributed by atoms with van der Waals surface area (Å²) in [6.45, 7) is 11.6. The Labute approximate surface area is 200 Å². The van der Waals surface area contributed by atoms with Crippen LogP contribution in [0.15, 0.2) is 59.1 Å². The van der Waals surface area contributed by atoms with E-state index in [0.717, 1.165) is 15.6 Å². The molecule has 3 unspecified atom stereocenters. The van der Waals surface area contributed by atoms with Crippen LogP contribution < -0.4 is 0 Å². The fourth-order valence-electron chi connectivity index (χ4n) is 4.81. The molecule has 4 nitrogen and oxygen atoms in total. The Hall–Kier alpha value is -1.76. The van der Waals surface area contributed by atoms with Gasteiger partial charge in [-0.2, -0.15) is 0 Å². The lowest BCUT2D eigenvalue weighted by Gasteiger charge is -2.38. The quantitative estimate of drug-likeness (QED) is 0.379. The van der Waals surface area contributed by atoms with Crippen molar-refractivity contribution < 1.29 is 14.0 Å². The van der Waals surface area contributed by atoms with Gasteiger partial charge in [0, 0.05) is 23.9 Å². The van der Waals surface area contributed by atoms with E-state index in [0.29, 0.717) is 19.4 Å². The maximum atomic E-state index is 14.0. The highest BCUT2D eigenvalue weighted by Crippen LogP contribution is 2.48. The van der Waals surface area contributed by atoms with Gasteiger partial charge in [0.05, 0.1) is 6.10 Å². The zero-order valence-corrected chi connectivity index (χ0v) is 22.1. The molecule has 0 N–H and O–H groups in total. The van der Waals surface area contributed by atoms with Crippen molar-refractivity contribution in [2.24, 2.45) is 0 Å². The van der Waals surface area contributed by atoms with Gasteiger partial charge in [-0.05, 0) is 41.4 Å². The van der Waals surface area contributed by atoms with Crippen LogP contribution in [0, 0.1) is 0 Å². The number of rotatable bonds is 5. The summed E-state index contributed by atoms with van der Waals surface area (Å²) in [6.07, 6.45) is 0.964. The van der Waals surface area contributed by atoms with Crippen molar-refractivity contribution in [1.29, 1.82) is 0 Å². The van der Waals surface area contributed by atoms with E-state index in [1.165, 1.54) is 0 Å². The summed E-state index contributed by atoms with van der Waals surface area (Å²) in [7, 11) is -2.03. The van der Waals surface area contributed by atoms with Crippen LogP contribution in [0.1, 0.15) is 44.2 Å². The highest BCUT2D eigenvalue weighted by molar-refractivity contribution is 9.10. The number of Topliss-reactive ketones (excluding diaryl/α,β-unsaturated/α-hetero) is 1. The van der Waals surface area contributed by atoms with Crippen LogP contribution in [0.25, 0.3) is 0 Å². The zero-order chi connectivity index (χ0) is 23.3. The zero-order valence-electron chi connectivity index (χ0n) is 19.5. The van der Waals surface area contributed by atoms with Crippen molar-refractivity contribution in [2.45, 2.75) is 69.3 Å². The molecule has 0 aromatic heterocycles. The van der Waals surface area contributed by atoms with E-state index in [1.807, 2.05) is 59.5 Å². The number of hydrogen-bond donors (Lipinski definition) is 0. The van der Waals surface area contributed by atoms with Crippen molar-refractivity contribution in [2.75, 3.05) is 6.54 Å². The number of halogens is 1. The number of benzene rings is 2. The summed E-state index contributed by atoms with van der Waals surface area (Å²) in [5, 5.41) is 0.0689. The average Bonchev–Trinajstić information content (AvgIpc) is 3.16. The van der Waals surface area contributed by atoms with Crippen molar-refractivity contribution in [3.05, 3.63) is 70.2 Å². The number of carbonyl (C=O) groups excluding carboxylic acids is 2.